The van der Waals surface area contributed by atoms with Gasteiger partial charge < -0.3 is 15.0 Å². The van der Waals surface area contributed by atoms with E-state index in [1.165, 1.54) is 23.3 Å². The number of nitrogens with zero attached hydrogens (tertiary/aromatic N) is 1. The van der Waals surface area contributed by atoms with E-state index in [1.807, 2.05) is 6.92 Å². The van der Waals surface area contributed by atoms with Crippen molar-refractivity contribution in [1.29, 1.82) is 0 Å². The van der Waals surface area contributed by atoms with Crippen LogP contribution in [0.5, 0.6) is 0 Å². The molecule has 1 aromatic heterocycles. The van der Waals surface area contributed by atoms with E-state index < -0.39 is 0 Å². The monoisotopic (exact) mass is 354 g/mol. The Kier molecular flexibility index (Phi) is 6.84. The van der Waals surface area contributed by atoms with Crippen molar-refractivity contribution >= 4 is 39.6 Å². The van der Waals surface area contributed by atoms with Crippen LogP contribution in [-0.4, -0.2) is 35.7 Å². The fourth-order valence-corrected chi connectivity index (χ4v) is 4.64. The van der Waals surface area contributed by atoms with Crippen LogP contribution in [-0.2, 0) is 17.6 Å². The predicted molar refractivity (Wildman–Crippen MR) is 101 cm³/mol. The number of rotatable bonds is 5. The summed E-state index contributed by atoms with van der Waals surface area (Å²) < 4.78 is 5.30. The topological polar surface area (TPSA) is 41.6 Å². The number of aryl methyl sites for hydroxylation is 1. The Labute approximate surface area is 148 Å². The lowest BCUT2D eigenvalue weighted by atomic mass is 10.1. The minimum atomic E-state index is -0.225. The van der Waals surface area contributed by atoms with Gasteiger partial charge in [0.15, 0.2) is 5.11 Å². The molecule has 0 spiro atoms. The van der Waals surface area contributed by atoms with Gasteiger partial charge in [0.05, 0.1) is 12.2 Å². The van der Waals surface area contributed by atoms with Crippen LogP contribution in [0.25, 0.3) is 0 Å². The molecule has 2 rings (SSSR count). The van der Waals surface area contributed by atoms with Gasteiger partial charge in [0.2, 0.25) is 0 Å². The number of carbonyl (C=O) groups excluding carboxylic acids is 1. The van der Waals surface area contributed by atoms with Crippen molar-refractivity contribution in [3.63, 3.8) is 0 Å². The number of thiophene rings is 1. The highest BCUT2D eigenvalue weighted by Crippen LogP contribution is 2.38. The van der Waals surface area contributed by atoms with E-state index in [0.717, 1.165) is 37.4 Å². The van der Waals surface area contributed by atoms with Crippen molar-refractivity contribution in [2.45, 2.75) is 52.9 Å². The van der Waals surface area contributed by atoms with Gasteiger partial charge >= 0.3 is 5.97 Å². The highest BCUT2D eigenvalue weighted by atomic mass is 32.1. The predicted octanol–water partition coefficient (Wildman–Crippen LogP) is 4.23. The van der Waals surface area contributed by atoms with Gasteiger partial charge in [-0.05, 0) is 64.2 Å². The molecular formula is C17H26N2O2S2. The van der Waals surface area contributed by atoms with Crippen LogP contribution < -0.4 is 5.32 Å². The van der Waals surface area contributed by atoms with E-state index in [1.54, 1.807) is 11.3 Å². The number of anilines is 1. The first-order chi connectivity index (χ1) is 11.1. The lowest BCUT2D eigenvalue weighted by molar-refractivity contribution is 0.0527. The van der Waals surface area contributed by atoms with Crippen molar-refractivity contribution in [3.8, 4) is 0 Å². The quantitative estimate of drug-likeness (QED) is 0.487. The van der Waals surface area contributed by atoms with E-state index in [-0.39, 0.29) is 5.97 Å². The van der Waals surface area contributed by atoms with Crippen LogP contribution in [0.2, 0.25) is 0 Å². The SMILES string of the molecule is CCOC(=O)c1c(NC(=S)N(CC)CC)sc2c1CCCCC2. The van der Waals surface area contributed by atoms with Gasteiger partial charge in [-0.3, -0.25) is 0 Å². The van der Waals surface area contributed by atoms with E-state index in [4.69, 9.17) is 17.0 Å². The molecule has 1 aliphatic carbocycles. The molecule has 1 aliphatic rings. The molecule has 0 fully saturated rings. The number of hydrogen-bond acceptors (Lipinski definition) is 4. The minimum Gasteiger partial charge on any atom is -0.462 e. The Morgan fingerprint density at radius 3 is 2.57 bits per heavy atom. The van der Waals surface area contributed by atoms with Gasteiger partial charge in [0.1, 0.15) is 5.00 Å². The smallest absolute Gasteiger partial charge is 0.341 e. The van der Waals surface area contributed by atoms with E-state index >= 15 is 0 Å². The van der Waals surface area contributed by atoms with E-state index in [9.17, 15) is 4.79 Å². The average molecular weight is 355 g/mol. The maximum absolute atomic E-state index is 12.5. The van der Waals surface area contributed by atoms with Crippen LogP contribution in [0.3, 0.4) is 0 Å². The first-order valence-electron chi connectivity index (χ1n) is 8.49. The molecule has 0 atom stereocenters. The maximum atomic E-state index is 12.5. The van der Waals surface area contributed by atoms with Crippen molar-refractivity contribution in [2.24, 2.45) is 0 Å². The molecule has 1 N–H and O–H groups in total. The average Bonchev–Trinajstić information content (AvgIpc) is 2.70. The molecule has 0 radical (unpaired) electrons. The van der Waals surface area contributed by atoms with Crippen molar-refractivity contribution in [1.82, 2.24) is 4.90 Å². The molecule has 0 bridgehead atoms. The summed E-state index contributed by atoms with van der Waals surface area (Å²) in [6.45, 7) is 8.09. The summed E-state index contributed by atoms with van der Waals surface area (Å²) in [5, 5.41) is 4.84. The summed E-state index contributed by atoms with van der Waals surface area (Å²) in [6.07, 6.45) is 5.56. The van der Waals surface area contributed by atoms with Gasteiger partial charge in [0, 0.05) is 18.0 Å². The molecule has 128 valence electrons. The molecule has 0 amide bonds. The van der Waals surface area contributed by atoms with Crippen molar-refractivity contribution in [2.75, 3.05) is 25.0 Å². The molecule has 0 aromatic carbocycles. The number of hydrogen-bond donors (Lipinski definition) is 1. The summed E-state index contributed by atoms with van der Waals surface area (Å²) >= 11 is 7.17. The van der Waals surface area contributed by atoms with Gasteiger partial charge in [-0.15, -0.1) is 11.3 Å². The zero-order valence-corrected chi connectivity index (χ0v) is 15.9. The summed E-state index contributed by atoms with van der Waals surface area (Å²) in [7, 11) is 0. The minimum absolute atomic E-state index is 0.225. The van der Waals surface area contributed by atoms with Crippen molar-refractivity contribution in [3.05, 3.63) is 16.0 Å². The van der Waals surface area contributed by atoms with Crippen LogP contribution >= 0.6 is 23.6 Å². The van der Waals surface area contributed by atoms with Gasteiger partial charge in [-0.2, -0.15) is 0 Å². The number of thiocarbonyl (C=S) groups is 1. The Morgan fingerprint density at radius 2 is 1.91 bits per heavy atom. The fourth-order valence-electron chi connectivity index (χ4n) is 2.94. The van der Waals surface area contributed by atoms with Gasteiger partial charge in [-0.25, -0.2) is 4.79 Å². The van der Waals surface area contributed by atoms with Gasteiger partial charge in [0.25, 0.3) is 0 Å². The van der Waals surface area contributed by atoms with E-state index in [0.29, 0.717) is 17.3 Å². The number of nitrogens with one attached hydrogen (secondary N) is 1. The molecule has 4 nitrogen and oxygen atoms in total. The number of esters is 1. The molecule has 0 aliphatic heterocycles. The van der Waals surface area contributed by atoms with Crippen LogP contribution in [0, 0.1) is 0 Å². The Hall–Kier alpha value is -1.14. The summed E-state index contributed by atoms with van der Waals surface area (Å²) in [6, 6.07) is 0. The second kappa shape index (κ2) is 8.64. The van der Waals surface area contributed by atoms with Crippen LogP contribution in [0.4, 0.5) is 5.00 Å². The molecule has 23 heavy (non-hydrogen) atoms. The zero-order valence-electron chi connectivity index (χ0n) is 14.2. The third kappa shape index (κ3) is 4.23. The van der Waals surface area contributed by atoms with Gasteiger partial charge in [-0.1, -0.05) is 6.42 Å². The standard InChI is InChI=1S/C17H26N2O2S2/c1-4-19(5-2)17(22)18-15-14(16(20)21-6-3)12-10-8-7-9-11-13(12)23-15/h4-11H2,1-3H3,(H,18,22). The largest absolute Gasteiger partial charge is 0.462 e. The molecule has 0 saturated carbocycles. The third-order valence-electron chi connectivity index (χ3n) is 4.17. The lowest BCUT2D eigenvalue weighted by Gasteiger charge is -2.22. The number of carbonyl (C=O) groups is 1. The zero-order chi connectivity index (χ0) is 16.8. The molecular weight excluding hydrogens is 328 g/mol. The fraction of sp³-hybridized carbons (Fsp3) is 0.647. The third-order valence-corrected chi connectivity index (χ3v) is 5.74. The highest BCUT2D eigenvalue weighted by Gasteiger charge is 2.26. The molecule has 0 unspecified atom stereocenters. The Bertz CT molecular complexity index is 565. The highest BCUT2D eigenvalue weighted by molar-refractivity contribution is 7.80. The molecule has 0 saturated heterocycles. The molecule has 6 heteroatoms. The molecule has 1 heterocycles. The normalized spacial score (nSPS) is 13.9. The summed E-state index contributed by atoms with van der Waals surface area (Å²) in [5.74, 6) is -0.225. The second-order valence-corrected chi connectivity index (χ2v) is 7.08. The number of ether oxygens (including phenoxy) is 1. The lowest BCUT2D eigenvalue weighted by Crippen LogP contribution is -2.34. The molecule has 1 aromatic rings. The second-order valence-electron chi connectivity index (χ2n) is 5.59. The Balaban J connectivity index is 2.34. The van der Waals surface area contributed by atoms with Crippen LogP contribution in [0.1, 0.15) is 60.8 Å². The number of fused-ring (bicyclic) bond motifs is 1. The van der Waals surface area contributed by atoms with E-state index in [2.05, 4.69) is 24.1 Å². The summed E-state index contributed by atoms with van der Waals surface area (Å²) in [5.41, 5.74) is 1.89. The summed E-state index contributed by atoms with van der Waals surface area (Å²) in [4.78, 5) is 15.9. The maximum Gasteiger partial charge on any atom is 0.341 e. The van der Waals surface area contributed by atoms with Crippen LogP contribution in [0.15, 0.2) is 0 Å². The first kappa shape index (κ1) is 18.2. The Morgan fingerprint density at radius 1 is 1.22 bits per heavy atom. The van der Waals surface area contributed by atoms with Crippen molar-refractivity contribution < 1.29 is 9.53 Å². The first-order valence-corrected chi connectivity index (χ1v) is 9.72.